The van der Waals surface area contributed by atoms with E-state index in [0.29, 0.717) is 36.6 Å². The van der Waals surface area contributed by atoms with Crippen LogP contribution in [0.5, 0.6) is 17.2 Å². The third kappa shape index (κ3) is 6.07. The Balaban J connectivity index is 2.14. The van der Waals surface area contributed by atoms with Crippen LogP contribution < -0.4 is 9.47 Å². The molecule has 2 aromatic rings. The van der Waals surface area contributed by atoms with Gasteiger partial charge in [0.2, 0.25) is 0 Å². The molecule has 1 fully saturated rings. The van der Waals surface area contributed by atoms with Crippen LogP contribution in [-0.2, 0) is 9.59 Å². The van der Waals surface area contributed by atoms with Crippen molar-refractivity contribution in [2.24, 2.45) is 0 Å². The zero-order valence-corrected chi connectivity index (χ0v) is 22.6. The molecule has 1 heterocycles. The number of amides is 1. The molecule has 0 saturated carbocycles. The Morgan fingerprint density at radius 1 is 1.05 bits per heavy atom. The molecule has 200 valence electrons. The lowest BCUT2D eigenvalue weighted by molar-refractivity contribution is -0.140. The van der Waals surface area contributed by atoms with Crippen molar-refractivity contribution in [2.75, 3.05) is 32.8 Å². The Morgan fingerprint density at radius 3 is 2.35 bits per heavy atom. The number of aliphatic hydroxyl groups is 1. The maximum atomic E-state index is 13.3. The Morgan fingerprint density at radius 2 is 1.76 bits per heavy atom. The van der Waals surface area contributed by atoms with Gasteiger partial charge in [-0.1, -0.05) is 19.9 Å². The number of hydrogen-bond acceptors (Lipinski definition) is 7. The number of hydrogen-bond donors (Lipinski definition) is 2. The summed E-state index contributed by atoms with van der Waals surface area (Å²) in [7, 11) is 0. The molecule has 1 saturated heterocycles. The van der Waals surface area contributed by atoms with E-state index in [0.717, 1.165) is 18.7 Å². The molecule has 1 aliphatic heterocycles. The molecular formula is C29H38N2O6. The Kier molecular flexibility index (Phi) is 9.21. The van der Waals surface area contributed by atoms with Crippen LogP contribution in [0.2, 0.25) is 0 Å². The lowest BCUT2D eigenvalue weighted by atomic mass is 9.94. The molecular weight excluding hydrogens is 472 g/mol. The Bertz CT molecular complexity index is 1170. The molecule has 0 aromatic heterocycles. The average Bonchev–Trinajstić information content (AvgIpc) is 3.11. The maximum absolute atomic E-state index is 13.3. The fourth-order valence-electron chi connectivity index (χ4n) is 4.56. The number of carbonyl (C=O) groups excluding carboxylic acids is 2. The van der Waals surface area contributed by atoms with Gasteiger partial charge in [-0.05, 0) is 82.2 Å². The number of benzene rings is 2. The summed E-state index contributed by atoms with van der Waals surface area (Å²) >= 11 is 0. The van der Waals surface area contributed by atoms with E-state index in [1.165, 1.54) is 11.0 Å². The molecule has 0 radical (unpaired) electrons. The molecule has 2 N–H and O–H groups in total. The van der Waals surface area contributed by atoms with Gasteiger partial charge in [0.1, 0.15) is 11.5 Å². The number of nitrogens with zero attached hydrogens (tertiary/aromatic N) is 2. The first-order chi connectivity index (χ1) is 17.6. The number of carbonyl (C=O) groups is 2. The van der Waals surface area contributed by atoms with Gasteiger partial charge in [0.05, 0.1) is 24.3 Å². The number of aliphatic hydroxyl groups excluding tert-OH is 1. The van der Waals surface area contributed by atoms with Gasteiger partial charge in [-0.3, -0.25) is 9.59 Å². The van der Waals surface area contributed by atoms with E-state index in [9.17, 15) is 19.8 Å². The summed E-state index contributed by atoms with van der Waals surface area (Å²) in [5, 5.41) is 21.6. The SMILES string of the molecule is CCOc1cc([C@@H]2C(=C(O)c3ccc(OC(C)C)c(C)c3)C(=O)C(=O)N2CCN(CC)CC)ccc1O. The molecule has 0 spiro atoms. The first-order valence-corrected chi connectivity index (χ1v) is 12.9. The van der Waals surface area contributed by atoms with Crippen LogP contribution in [0.4, 0.5) is 0 Å². The number of rotatable bonds is 11. The lowest BCUT2D eigenvalue weighted by Gasteiger charge is -2.28. The van der Waals surface area contributed by atoms with Gasteiger partial charge in [0.15, 0.2) is 11.5 Å². The maximum Gasteiger partial charge on any atom is 0.295 e. The molecule has 1 amide bonds. The van der Waals surface area contributed by atoms with Crippen LogP contribution >= 0.6 is 0 Å². The minimum atomic E-state index is -0.831. The Labute approximate surface area is 219 Å². The number of likely N-dealkylation sites (N-methyl/N-ethyl adjacent to an activating group) is 1. The van der Waals surface area contributed by atoms with Crippen LogP contribution in [0, 0.1) is 6.92 Å². The number of ketones is 1. The zero-order chi connectivity index (χ0) is 27.3. The number of ether oxygens (including phenoxy) is 2. The molecule has 1 aliphatic rings. The van der Waals surface area contributed by atoms with Crippen molar-refractivity contribution in [3.63, 3.8) is 0 Å². The van der Waals surface area contributed by atoms with E-state index in [2.05, 4.69) is 4.90 Å². The van der Waals surface area contributed by atoms with Crippen molar-refractivity contribution in [1.82, 2.24) is 9.80 Å². The summed E-state index contributed by atoms with van der Waals surface area (Å²) in [6.07, 6.45) is -0.0108. The van der Waals surface area contributed by atoms with Crippen molar-refractivity contribution in [3.05, 3.63) is 58.7 Å². The minimum absolute atomic E-state index is 0.00890. The molecule has 3 rings (SSSR count). The van der Waals surface area contributed by atoms with Crippen molar-refractivity contribution in [2.45, 2.75) is 53.7 Å². The first kappa shape index (κ1) is 28.1. The predicted octanol–water partition coefficient (Wildman–Crippen LogP) is 4.65. The summed E-state index contributed by atoms with van der Waals surface area (Å²) in [4.78, 5) is 30.3. The molecule has 2 aromatic carbocycles. The number of Topliss-reactive ketones (excluding diaryl/α,β-unsaturated/α-hetero) is 1. The van der Waals surface area contributed by atoms with Crippen LogP contribution in [-0.4, -0.2) is 70.6 Å². The third-order valence-electron chi connectivity index (χ3n) is 6.50. The fraction of sp³-hybridized carbons (Fsp3) is 0.448. The third-order valence-corrected chi connectivity index (χ3v) is 6.50. The van der Waals surface area contributed by atoms with E-state index in [1.54, 1.807) is 37.3 Å². The van der Waals surface area contributed by atoms with Crippen molar-refractivity contribution in [3.8, 4) is 17.2 Å². The quantitative estimate of drug-likeness (QED) is 0.258. The second kappa shape index (κ2) is 12.1. The fourth-order valence-corrected chi connectivity index (χ4v) is 4.56. The normalized spacial score (nSPS) is 17.2. The topological polar surface area (TPSA) is 99.5 Å². The highest BCUT2D eigenvalue weighted by atomic mass is 16.5. The molecule has 8 nitrogen and oxygen atoms in total. The second-order valence-electron chi connectivity index (χ2n) is 9.33. The average molecular weight is 511 g/mol. The van der Waals surface area contributed by atoms with Crippen molar-refractivity contribution in [1.29, 1.82) is 0 Å². The summed E-state index contributed by atoms with van der Waals surface area (Å²) < 4.78 is 11.4. The highest BCUT2D eigenvalue weighted by molar-refractivity contribution is 6.46. The van der Waals surface area contributed by atoms with E-state index in [4.69, 9.17) is 9.47 Å². The predicted molar refractivity (Wildman–Crippen MR) is 143 cm³/mol. The summed E-state index contributed by atoms with van der Waals surface area (Å²) in [6.45, 7) is 14.4. The van der Waals surface area contributed by atoms with Gasteiger partial charge in [0.25, 0.3) is 11.7 Å². The van der Waals surface area contributed by atoms with Crippen LogP contribution in [0.25, 0.3) is 5.76 Å². The van der Waals surface area contributed by atoms with Crippen LogP contribution in [0.15, 0.2) is 42.0 Å². The second-order valence-corrected chi connectivity index (χ2v) is 9.33. The lowest BCUT2D eigenvalue weighted by Crippen LogP contribution is -2.38. The van der Waals surface area contributed by atoms with E-state index >= 15 is 0 Å². The summed E-state index contributed by atoms with van der Waals surface area (Å²) in [5.41, 5.74) is 1.80. The minimum Gasteiger partial charge on any atom is -0.507 e. The van der Waals surface area contributed by atoms with Gasteiger partial charge in [-0.15, -0.1) is 0 Å². The summed E-state index contributed by atoms with van der Waals surface area (Å²) in [5.74, 6) is -0.765. The van der Waals surface area contributed by atoms with Gasteiger partial charge >= 0.3 is 0 Å². The smallest absolute Gasteiger partial charge is 0.295 e. The van der Waals surface area contributed by atoms with Crippen LogP contribution in [0.3, 0.4) is 0 Å². The molecule has 1 atom stereocenters. The first-order valence-electron chi connectivity index (χ1n) is 12.9. The standard InChI is InChI=1S/C29H38N2O6/c1-7-30(8-2)14-15-31-26(20-10-12-22(32)24(17-20)36-9-3)25(28(34)29(31)35)27(33)21-11-13-23(19(6)16-21)37-18(4)5/h10-13,16-18,26,32-33H,7-9,14-15H2,1-6H3/t26-/m1/s1. The number of phenolic OH excluding ortho intramolecular Hbond substituents is 1. The number of likely N-dealkylation sites (tertiary alicyclic amines) is 1. The molecule has 37 heavy (non-hydrogen) atoms. The number of aryl methyl sites for hydroxylation is 1. The molecule has 0 bridgehead atoms. The number of phenols is 1. The van der Waals surface area contributed by atoms with Crippen molar-refractivity contribution >= 4 is 17.4 Å². The van der Waals surface area contributed by atoms with Crippen LogP contribution in [0.1, 0.15) is 57.4 Å². The van der Waals surface area contributed by atoms with E-state index in [-0.39, 0.29) is 28.9 Å². The van der Waals surface area contributed by atoms with Gasteiger partial charge in [-0.2, -0.15) is 0 Å². The van der Waals surface area contributed by atoms with Crippen molar-refractivity contribution < 1.29 is 29.3 Å². The zero-order valence-electron chi connectivity index (χ0n) is 22.6. The van der Waals surface area contributed by atoms with E-state index < -0.39 is 17.7 Å². The monoisotopic (exact) mass is 510 g/mol. The van der Waals surface area contributed by atoms with Gasteiger partial charge in [0, 0.05) is 18.7 Å². The Hall–Kier alpha value is -3.52. The number of aromatic hydroxyl groups is 1. The highest BCUT2D eigenvalue weighted by Crippen LogP contribution is 2.42. The van der Waals surface area contributed by atoms with E-state index in [1.807, 2.05) is 34.6 Å². The molecule has 0 aliphatic carbocycles. The van der Waals surface area contributed by atoms with Gasteiger partial charge in [-0.25, -0.2) is 0 Å². The largest absolute Gasteiger partial charge is 0.507 e. The van der Waals surface area contributed by atoms with Gasteiger partial charge < -0.3 is 29.5 Å². The summed E-state index contributed by atoms with van der Waals surface area (Å²) in [6, 6.07) is 9.10. The molecule has 0 unspecified atom stereocenters. The molecule has 8 heteroatoms. The highest BCUT2D eigenvalue weighted by Gasteiger charge is 2.46.